The van der Waals surface area contributed by atoms with Gasteiger partial charge in [-0.3, -0.25) is 9.69 Å². The molecule has 0 radical (unpaired) electrons. The number of anilines is 2. The van der Waals surface area contributed by atoms with E-state index in [2.05, 4.69) is 4.98 Å². The molecule has 0 aliphatic carbocycles. The van der Waals surface area contributed by atoms with Crippen LogP contribution in [0.15, 0.2) is 77.4 Å². The fourth-order valence-electron chi connectivity index (χ4n) is 2.76. The molecule has 0 aliphatic heterocycles. The van der Waals surface area contributed by atoms with E-state index in [0.29, 0.717) is 17.5 Å². The van der Waals surface area contributed by atoms with Gasteiger partial charge in [0.2, 0.25) is 0 Å². The Kier molecular flexibility index (Phi) is 5.21. The van der Waals surface area contributed by atoms with Crippen molar-refractivity contribution < 1.29 is 13.9 Å². The highest BCUT2D eigenvalue weighted by atomic mass is 32.1. The Morgan fingerprint density at radius 3 is 2.68 bits per heavy atom. The van der Waals surface area contributed by atoms with Gasteiger partial charge in [-0.1, -0.05) is 23.5 Å². The molecular formula is C22H18N2O3S. The van der Waals surface area contributed by atoms with Crippen molar-refractivity contribution in [1.29, 1.82) is 0 Å². The Bertz CT molecular complexity index is 1070. The molecule has 2 aromatic heterocycles. The Labute approximate surface area is 166 Å². The van der Waals surface area contributed by atoms with E-state index in [4.69, 9.17) is 9.15 Å². The third-order valence-corrected chi connectivity index (χ3v) is 5.06. The van der Waals surface area contributed by atoms with E-state index in [-0.39, 0.29) is 5.91 Å². The van der Waals surface area contributed by atoms with Crippen LogP contribution in [0.4, 0.5) is 10.8 Å². The molecule has 0 saturated heterocycles. The van der Waals surface area contributed by atoms with E-state index in [0.717, 1.165) is 21.7 Å². The SMILES string of the molecule is CCOc1ccc(N(C(=O)C=Cc2ccco2)c2nc3ccccc3s2)cc1. The maximum Gasteiger partial charge on any atom is 0.257 e. The highest BCUT2D eigenvalue weighted by Gasteiger charge is 2.20. The lowest BCUT2D eigenvalue weighted by molar-refractivity contribution is -0.113. The molecule has 2 aromatic carbocycles. The van der Waals surface area contributed by atoms with Crippen molar-refractivity contribution in [2.45, 2.75) is 6.92 Å². The molecule has 0 saturated carbocycles. The van der Waals surface area contributed by atoms with Gasteiger partial charge in [0.25, 0.3) is 5.91 Å². The fourth-order valence-corrected chi connectivity index (χ4v) is 3.75. The summed E-state index contributed by atoms with van der Waals surface area (Å²) in [4.78, 5) is 19.3. The van der Waals surface area contributed by atoms with Gasteiger partial charge in [-0.15, -0.1) is 0 Å². The van der Waals surface area contributed by atoms with Crippen LogP contribution in [-0.2, 0) is 4.79 Å². The van der Waals surface area contributed by atoms with Crippen LogP contribution in [0.5, 0.6) is 5.75 Å². The molecule has 2 heterocycles. The van der Waals surface area contributed by atoms with E-state index < -0.39 is 0 Å². The van der Waals surface area contributed by atoms with Gasteiger partial charge >= 0.3 is 0 Å². The molecule has 4 rings (SSSR count). The molecule has 0 N–H and O–H groups in total. The summed E-state index contributed by atoms with van der Waals surface area (Å²) in [6, 6.07) is 18.8. The van der Waals surface area contributed by atoms with Gasteiger partial charge in [0.05, 0.1) is 28.8 Å². The summed E-state index contributed by atoms with van der Waals surface area (Å²) in [5.41, 5.74) is 1.58. The van der Waals surface area contributed by atoms with E-state index in [1.54, 1.807) is 29.4 Å². The van der Waals surface area contributed by atoms with Crippen LogP contribution in [0.2, 0.25) is 0 Å². The summed E-state index contributed by atoms with van der Waals surface area (Å²) in [6.45, 7) is 2.52. The zero-order chi connectivity index (χ0) is 19.3. The lowest BCUT2D eigenvalue weighted by Crippen LogP contribution is -2.23. The number of hydrogen-bond acceptors (Lipinski definition) is 5. The number of carbonyl (C=O) groups excluding carboxylic acids is 1. The normalized spacial score (nSPS) is 11.2. The molecule has 0 fully saturated rings. The molecule has 4 aromatic rings. The van der Waals surface area contributed by atoms with Crippen LogP contribution in [0.3, 0.4) is 0 Å². The minimum Gasteiger partial charge on any atom is -0.494 e. The number of carbonyl (C=O) groups is 1. The Morgan fingerprint density at radius 2 is 1.96 bits per heavy atom. The second kappa shape index (κ2) is 8.10. The maximum atomic E-state index is 13.1. The van der Waals surface area contributed by atoms with E-state index in [1.807, 2.05) is 55.5 Å². The number of rotatable bonds is 6. The van der Waals surface area contributed by atoms with Crippen molar-refractivity contribution in [2.24, 2.45) is 0 Å². The van der Waals surface area contributed by atoms with Crippen molar-refractivity contribution in [1.82, 2.24) is 4.98 Å². The van der Waals surface area contributed by atoms with Crippen LogP contribution < -0.4 is 9.64 Å². The molecule has 0 atom stereocenters. The number of fused-ring (bicyclic) bond motifs is 1. The molecule has 28 heavy (non-hydrogen) atoms. The summed E-state index contributed by atoms with van der Waals surface area (Å²) in [5.74, 6) is 1.16. The molecule has 5 nitrogen and oxygen atoms in total. The molecule has 0 unspecified atom stereocenters. The van der Waals surface area contributed by atoms with Gasteiger partial charge < -0.3 is 9.15 Å². The maximum absolute atomic E-state index is 13.1. The van der Waals surface area contributed by atoms with Crippen molar-refractivity contribution in [3.05, 3.63) is 78.8 Å². The number of thiazole rings is 1. The number of para-hydroxylation sites is 1. The third-order valence-electron chi connectivity index (χ3n) is 4.03. The molecule has 0 bridgehead atoms. The summed E-state index contributed by atoms with van der Waals surface area (Å²) in [5, 5.41) is 0.611. The molecule has 6 heteroatoms. The van der Waals surface area contributed by atoms with Crippen molar-refractivity contribution in [2.75, 3.05) is 11.5 Å². The minimum absolute atomic E-state index is 0.209. The van der Waals surface area contributed by atoms with Crippen LogP contribution in [0, 0.1) is 0 Å². The molecule has 140 valence electrons. The predicted molar refractivity (Wildman–Crippen MR) is 112 cm³/mol. The summed E-state index contributed by atoms with van der Waals surface area (Å²) >= 11 is 1.47. The number of hydrogen-bond donors (Lipinski definition) is 0. The molecule has 1 amide bonds. The molecular weight excluding hydrogens is 372 g/mol. The van der Waals surface area contributed by atoms with Gasteiger partial charge in [-0.05, 0) is 61.5 Å². The monoisotopic (exact) mass is 390 g/mol. The number of nitrogens with zero attached hydrogens (tertiary/aromatic N) is 2. The van der Waals surface area contributed by atoms with Crippen molar-refractivity contribution >= 4 is 44.4 Å². The zero-order valence-corrected chi connectivity index (χ0v) is 16.1. The average Bonchev–Trinajstić information content (AvgIpc) is 3.37. The van der Waals surface area contributed by atoms with Gasteiger partial charge in [-0.25, -0.2) is 4.98 Å². The van der Waals surface area contributed by atoms with E-state index in [1.165, 1.54) is 17.4 Å². The second-order valence-electron chi connectivity index (χ2n) is 5.91. The van der Waals surface area contributed by atoms with Crippen molar-refractivity contribution in [3.8, 4) is 5.75 Å². The van der Waals surface area contributed by atoms with Gasteiger partial charge in [0.15, 0.2) is 5.13 Å². The lowest BCUT2D eigenvalue weighted by atomic mass is 10.2. The first-order chi connectivity index (χ1) is 13.7. The average molecular weight is 390 g/mol. The number of aromatic nitrogens is 1. The van der Waals surface area contributed by atoms with Crippen LogP contribution in [0.1, 0.15) is 12.7 Å². The van der Waals surface area contributed by atoms with Gasteiger partial charge in [0, 0.05) is 6.08 Å². The van der Waals surface area contributed by atoms with Crippen LogP contribution in [0.25, 0.3) is 16.3 Å². The summed E-state index contributed by atoms with van der Waals surface area (Å²) < 4.78 is 11.8. The smallest absolute Gasteiger partial charge is 0.257 e. The fraction of sp³-hybridized carbons (Fsp3) is 0.0909. The van der Waals surface area contributed by atoms with Crippen LogP contribution in [-0.4, -0.2) is 17.5 Å². The number of benzene rings is 2. The lowest BCUT2D eigenvalue weighted by Gasteiger charge is -2.18. The Balaban J connectivity index is 1.72. The highest BCUT2D eigenvalue weighted by Crippen LogP contribution is 2.34. The molecule has 0 aliphatic rings. The first-order valence-corrected chi connectivity index (χ1v) is 9.70. The van der Waals surface area contributed by atoms with Crippen LogP contribution >= 0.6 is 11.3 Å². The number of furan rings is 1. The predicted octanol–water partition coefficient (Wildman–Crippen LogP) is 5.67. The summed E-state index contributed by atoms with van der Waals surface area (Å²) in [6.07, 6.45) is 4.71. The first-order valence-electron chi connectivity index (χ1n) is 8.88. The largest absolute Gasteiger partial charge is 0.494 e. The van der Waals surface area contributed by atoms with E-state index >= 15 is 0 Å². The van der Waals surface area contributed by atoms with Gasteiger partial charge in [-0.2, -0.15) is 0 Å². The Hall–Kier alpha value is -3.38. The van der Waals surface area contributed by atoms with Gasteiger partial charge in [0.1, 0.15) is 11.5 Å². The molecule has 0 spiro atoms. The Morgan fingerprint density at radius 1 is 1.14 bits per heavy atom. The van der Waals surface area contributed by atoms with E-state index in [9.17, 15) is 4.79 Å². The van der Waals surface area contributed by atoms with Crippen molar-refractivity contribution in [3.63, 3.8) is 0 Å². The third kappa shape index (κ3) is 3.82. The number of amides is 1. The zero-order valence-electron chi connectivity index (χ0n) is 15.2. The first kappa shape index (κ1) is 18.0. The highest BCUT2D eigenvalue weighted by molar-refractivity contribution is 7.22. The standard InChI is InChI=1S/C22H18N2O3S/c1-2-26-18-11-9-16(10-12-18)24(21(25)14-13-17-6-5-15-27-17)22-23-19-7-3-4-8-20(19)28-22/h3-15H,2H2,1H3. The summed E-state index contributed by atoms with van der Waals surface area (Å²) in [7, 11) is 0. The second-order valence-corrected chi connectivity index (χ2v) is 6.92. The quantitative estimate of drug-likeness (QED) is 0.398. The number of ether oxygens (including phenoxy) is 1. The minimum atomic E-state index is -0.209. The topological polar surface area (TPSA) is 55.6 Å².